The second-order valence-corrected chi connectivity index (χ2v) is 10.2. The molecule has 2 fully saturated rings. The minimum Gasteiger partial charge on any atom is -0.334 e. The average molecular weight is 473 g/mol. The van der Waals surface area contributed by atoms with Crippen molar-refractivity contribution in [2.24, 2.45) is 5.41 Å². The van der Waals surface area contributed by atoms with Crippen molar-refractivity contribution in [2.45, 2.75) is 51.6 Å². The van der Waals surface area contributed by atoms with Crippen LogP contribution in [0.5, 0.6) is 0 Å². The van der Waals surface area contributed by atoms with Gasteiger partial charge in [0, 0.05) is 31.1 Å². The van der Waals surface area contributed by atoms with Crippen molar-refractivity contribution in [2.75, 3.05) is 19.6 Å². The minimum atomic E-state index is -0.345. The predicted octanol–water partition coefficient (Wildman–Crippen LogP) is 5.17. The molecule has 0 bridgehead atoms. The number of piperidine rings is 1. The summed E-state index contributed by atoms with van der Waals surface area (Å²) in [5.74, 6) is -0.000988. The van der Waals surface area contributed by atoms with Crippen LogP contribution in [0.2, 0.25) is 0 Å². The van der Waals surface area contributed by atoms with Gasteiger partial charge in [-0.2, -0.15) is 0 Å². The van der Waals surface area contributed by atoms with Crippen LogP contribution in [0.3, 0.4) is 0 Å². The van der Waals surface area contributed by atoms with Gasteiger partial charge in [0.15, 0.2) is 0 Å². The second-order valence-electron chi connectivity index (χ2n) is 10.2. The number of amides is 1. The van der Waals surface area contributed by atoms with Gasteiger partial charge in [-0.1, -0.05) is 49.4 Å². The molecule has 5 rings (SSSR count). The fourth-order valence-electron chi connectivity index (χ4n) is 5.45. The summed E-state index contributed by atoms with van der Waals surface area (Å²) >= 11 is 0. The highest BCUT2D eigenvalue weighted by Crippen LogP contribution is 2.39. The molecule has 2 saturated heterocycles. The van der Waals surface area contributed by atoms with E-state index in [1.807, 2.05) is 17.0 Å². The van der Waals surface area contributed by atoms with E-state index in [1.165, 1.54) is 17.7 Å². The van der Waals surface area contributed by atoms with Crippen LogP contribution in [0.25, 0.3) is 0 Å². The lowest BCUT2D eigenvalue weighted by Crippen LogP contribution is -2.48. The fraction of sp³-hybridized carbons (Fsp3) is 0.414. The van der Waals surface area contributed by atoms with Gasteiger partial charge in [0.25, 0.3) is 0 Å². The van der Waals surface area contributed by atoms with E-state index in [-0.39, 0.29) is 23.2 Å². The van der Waals surface area contributed by atoms with Crippen molar-refractivity contribution in [3.05, 3.63) is 95.3 Å². The van der Waals surface area contributed by atoms with E-state index in [4.69, 9.17) is 4.98 Å². The topological polar surface area (TPSA) is 49.3 Å². The van der Waals surface area contributed by atoms with Crippen molar-refractivity contribution in [3.63, 3.8) is 0 Å². The number of carbonyl (C=O) groups is 1. The highest BCUT2D eigenvalue weighted by Gasteiger charge is 2.43. The van der Waals surface area contributed by atoms with E-state index in [2.05, 4.69) is 41.1 Å². The molecule has 3 aromatic rings. The minimum absolute atomic E-state index is 0.0402. The van der Waals surface area contributed by atoms with Crippen LogP contribution >= 0.6 is 0 Å². The predicted molar refractivity (Wildman–Crippen MR) is 134 cm³/mol. The van der Waals surface area contributed by atoms with Crippen LogP contribution in [0.15, 0.2) is 67.0 Å². The molecule has 182 valence electrons. The van der Waals surface area contributed by atoms with Crippen molar-refractivity contribution in [1.82, 2.24) is 19.8 Å². The first kappa shape index (κ1) is 23.6. The maximum atomic E-state index is 13.8. The summed E-state index contributed by atoms with van der Waals surface area (Å²) in [7, 11) is 0. The first-order valence-corrected chi connectivity index (χ1v) is 12.6. The third-order valence-corrected chi connectivity index (χ3v) is 7.56. The Morgan fingerprint density at radius 2 is 1.80 bits per heavy atom. The molecule has 0 saturated carbocycles. The van der Waals surface area contributed by atoms with Crippen LogP contribution in [-0.4, -0.2) is 45.3 Å². The van der Waals surface area contributed by atoms with Gasteiger partial charge < -0.3 is 4.90 Å². The highest BCUT2D eigenvalue weighted by molar-refractivity contribution is 5.83. The van der Waals surface area contributed by atoms with Crippen molar-refractivity contribution in [3.8, 4) is 0 Å². The summed E-state index contributed by atoms with van der Waals surface area (Å²) < 4.78 is 13.6. The third kappa shape index (κ3) is 5.43. The van der Waals surface area contributed by atoms with Gasteiger partial charge in [0.2, 0.25) is 5.91 Å². The Balaban J connectivity index is 1.25. The molecule has 6 heteroatoms. The lowest BCUT2D eigenvalue weighted by atomic mass is 9.78. The van der Waals surface area contributed by atoms with Crippen LogP contribution in [-0.2, 0) is 17.8 Å². The molecule has 2 aliphatic heterocycles. The lowest BCUT2D eigenvalue weighted by molar-refractivity contribution is -0.145. The van der Waals surface area contributed by atoms with Crippen LogP contribution in [0.1, 0.15) is 61.2 Å². The van der Waals surface area contributed by atoms with Gasteiger partial charge in [-0.15, -0.1) is 0 Å². The molecular weight excluding hydrogens is 439 g/mol. The Labute approximate surface area is 207 Å². The molecule has 1 amide bonds. The Hall–Kier alpha value is -3.12. The zero-order valence-corrected chi connectivity index (χ0v) is 20.4. The number of hydrogen-bond donors (Lipinski definition) is 0. The van der Waals surface area contributed by atoms with E-state index in [0.717, 1.165) is 68.8 Å². The van der Waals surface area contributed by atoms with Crippen molar-refractivity contribution < 1.29 is 9.18 Å². The monoisotopic (exact) mass is 472 g/mol. The van der Waals surface area contributed by atoms with Crippen LogP contribution in [0, 0.1) is 11.2 Å². The zero-order valence-electron chi connectivity index (χ0n) is 20.4. The first-order valence-electron chi connectivity index (χ1n) is 12.6. The number of hydrogen-bond acceptors (Lipinski definition) is 4. The molecule has 1 aromatic heterocycles. The van der Waals surface area contributed by atoms with E-state index in [9.17, 15) is 9.18 Å². The molecule has 2 aliphatic rings. The Kier molecular flexibility index (Phi) is 6.91. The largest absolute Gasteiger partial charge is 0.334 e. The van der Waals surface area contributed by atoms with Gasteiger partial charge in [-0.05, 0) is 62.0 Å². The molecule has 0 spiro atoms. The van der Waals surface area contributed by atoms with Gasteiger partial charge >= 0.3 is 0 Å². The molecule has 0 unspecified atom stereocenters. The third-order valence-electron chi connectivity index (χ3n) is 7.56. The number of halogens is 1. The fourth-order valence-corrected chi connectivity index (χ4v) is 5.45. The SMILES string of the molecule is CC1(C(=O)N2CCC[C@@H]2c2cncc(Cc3cccc(F)c3)n2)CCN(Cc2ccccc2)CC1. The second kappa shape index (κ2) is 10.2. The number of likely N-dealkylation sites (tertiary alicyclic amines) is 2. The normalized spacial score (nSPS) is 20.2. The molecule has 0 aliphatic carbocycles. The molecular formula is C29H33FN4O. The van der Waals surface area contributed by atoms with Crippen LogP contribution in [0.4, 0.5) is 4.39 Å². The van der Waals surface area contributed by atoms with E-state index >= 15 is 0 Å². The van der Waals surface area contributed by atoms with Crippen LogP contribution < -0.4 is 0 Å². The Morgan fingerprint density at radius 1 is 1.03 bits per heavy atom. The number of aromatic nitrogens is 2. The van der Waals surface area contributed by atoms with E-state index in [1.54, 1.807) is 18.5 Å². The Morgan fingerprint density at radius 3 is 2.57 bits per heavy atom. The number of benzene rings is 2. The maximum Gasteiger partial charge on any atom is 0.229 e. The smallest absolute Gasteiger partial charge is 0.229 e. The van der Waals surface area contributed by atoms with Gasteiger partial charge in [-0.25, -0.2) is 4.39 Å². The quantitative estimate of drug-likeness (QED) is 0.497. The van der Waals surface area contributed by atoms with E-state index in [0.29, 0.717) is 6.42 Å². The molecule has 0 N–H and O–H groups in total. The summed E-state index contributed by atoms with van der Waals surface area (Å²) in [4.78, 5) is 27.6. The number of nitrogens with zero attached hydrogens (tertiary/aromatic N) is 4. The number of carbonyl (C=O) groups excluding carboxylic acids is 1. The molecule has 35 heavy (non-hydrogen) atoms. The summed E-state index contributed by atoms with van der Waals surface area (Å²) in [6.07, 6.45) is 7.66. The lowest BCUT2D eigenvalue weighted by Gasteiger charge is -2.41. The highest BCUT2D eigenvalue weighted by atomic mass is 19.1. The molecule has 1 atom stereocenters. The summed E-state index contributed by atoms with van der Waals surface area (Å²) in [6.45, 7) is 5.70. The van der Waals surface area contributed by atoms with Gasteiger partial charge in [0.05, 0.1) is 23.6 Å². The van der Waals surface area contributed by atoms with Gasteiger partial charge in [-0.3, -0.25) is 19.7 Å². The molecule has 0 radical (unpaired) electrons. The molecule has 5 nitrogen and oxygen atoms in total. The van der Waals surface area contributed by atoms with Crippen molar-refractivity contribution in [1.29, 1.82) is 0 Å². The van der Waals surface area contributed by atoms with Gasteiger partial charge in [0.1, 0.15) is 5.82 Å². The summed E-state index contributed by atoms with van der Waals surface area (Å²) in [5.41, 5.74) is 3.48. The zero-order chi connectivity index (χ0) is 24.3. The Bertz CT molecular complexity index is 1160. The molecule has 3 heterocycles. The first-order chi connectivity index (χ1) is 17.0. The number of rotatable bonds is 6. The van der Waals surface area contributed by atoms with Crippen molar-refractivity contribution >= 4 is 5.91 Å². The average Bonchev–Trinajstić information content (AvgIpc) is 3.36. The standard InChI is InChI=1S/C29H33FN4O/c1-29(12-15-33(16-13-29)21-22-7-3-2-4-8-22)28(35)34-14-6-11-27(34)26-20-31-19-25(32-26)18-23-9-5-10-24(30)17-23/h2-5,7-10,17,19-20,27H,6,11-16,18,21H2,1H3/t27-/m1/s1. The summed E-state index contributed by atoms with van der Waals surface area (Å²) in [5, 5.41) is 0. The molecule has 2 aromatic carbocycles. The summed E-state index contributed by atoms with van der Waals surface area (Å²) in [6, 6.07) is 17.1. The maximum absolute atomic E-state index is 13.8. The van der Waals surface area contributed by atoms with E-state index < -0.39 is 0 Å².